The van der Waals surface area contributed by atoms with Crippen molar-refractivity contribution >= 4 is 57.1 Å². The Balaban J connectivity index is 1.45. The molecule has 0 unspecified atom stereocenters. The summed E-state index contributed by atoms with van der Waals surface area (Å²) in [5, 5.41) is 12.9. The maximum atomic E-state index is 13.6. The van der Waals surface area contributed by atoms with Gasteiger partial charge in [0.05, 0.1) is 16.3 Å². The van der Waals surface area contributed by atoms with Crippen LogP contribution in [-0.4, -0.2) is 27.8 Å². The number of hydrogen-bond acceptors (Lipinski definition) is 8. The number of rotatable bonds is 6. The number of halogens is 1. The Morgan fingerprint density at radius 3 is 2.73 bits per heavy atom. The van der Waals surface area contributed by atoms with Gasteiger partial charge in [0.2, 0.25) is 11.0 Å². The summed E-state index contributed by atoms with van der Waals surface area (Å²) in [7, 11) is 0. The van der Waals surface area contributed by atoms with E-state index in [0.717, 1.165) is 11.8 Å². The van der Waals surface area contributed by atoms with Gasteiger partial charge >= 0.3 is 0 Å². The number of amides is 2. The van der Waals surface area contributed by atoms with E-state index >= 15 is 0 Å². The van der Waals surface area contributed by atoms with Gasteiger partial charge < -0.3 is 5.32 Å². The van der Waals surface area contributed by atoms with Crippen LogP contribution in [0.1, 0.15) is 9.67 Å². The van der Waals surface area contributed by atoms with Gasteiger partial charge in [-0.3, -0.25) is 20.4 Å². The van der Waals surface area contributed by atoms with E-state index < -0.39 is 5.82 Å². The first-order chi connectivity index (χ1) is 12.6. The lowest BCUT2D eigenvalue weighted by atomic mass is 10.3. The SMILES string of the molecule is O=C(CSc1nnc(Nc2ccccc2F)s1)NNC(=O)c1cccs1. The van der Waals surface area contributed by atoms with E-state index in [0.29, 0.717) is 20.0 Å². The van der Waals surface area contributed by atoms with Crippen molar-refractivity contribution in [3.05, 3.63) is 52.5 Å². The van der Waals surface area contributed by atoms with Crippen molar-refractivity contribution in [3.8, 4) is 0 Å². The molecule has 0 atom stereocenters. The summed E-state index contributed by atoms with van der Waals surface area (Å²) in [6.07, 6.45) is 0. The van der Waals surface area contributed by atoms with Crippen LogP contribution in [0.5, 0.6) is 0 Å². The Bertz CT molecular complexity index is 900. The number of nitrogens with one attached hydrogen (secondary N) is 3. The summed E-state index contributed by atoms with van der Waals surface area (Å²) in [4.78, 5) is 24.0. The minimum Gasteiger partial charge on any atom is -0.328 e. The van der Waals surface area contributed by atoms with Gasteiger partial charge in [0, 0.05) is 0 Å². The van der Waals surface area contributed by atoms with Crippen molar-refractivity contribution < 1.29 is 14.0 Å². The molecule has 0 spiro atoms. The second-order valence-corrected chi connectivity index (χ2v) is 7.89. The van der Waals surface area contributed by atoms with Gasteiger partial charge in [0.25, 0.3) is 5.91 Å². The van der Waals surface area contributed by atoms with Crippen LogP contribution in [0.4, 0.5) is 15.2 Å². The molecule has 134 valence electrons. The van der Waals surface area contributed by atoms with Gasteiger partial charge in [-0.2, -0.15) is 0 Å². The predicted molar refractivity (Wildman–Crippen MR) is 100 cm³/mol. The van der Waals surface area contributed by atoms with E-state index in [4.69, 9.17) is 0 Å². The Labute approximate surface area is 160 Å². The second-order valence-electron chi connectivity index (χ2n) is 4.75. The molecule has 0 saturated heterocycles. The van der Waals surface area contributed by atoms with Crippen molar-refractivity contribution in [2.75, 3.05) is 11.1 Å². The number of hydrazine groups is 1. The highest BCUT2D eigenvalue weighted by Crippen LogP contribution is 2.28. The van der Waals surface area contributed by atoms with Crippen LogP contribution in [0, 0.1) is 5.82 Å². The van der Waals surface area contributed by atoms with Crippen LogP contribution in [0.2, 0.25) is 0 Å². The average molecular weight is 409 g/mol. The average Bonchev–Trinajstić information content (AvgIpc) is 3.32. The lowest BCUT2D eigenvalue weighted by Crippen LogP contribution is -2.42. The minimum atomic E-state index is -0.391. The van der Waals surface area contributed by atoms with Crippen molar-refractivity contribution in [2.45, 2.75) is 4.34 Å². The molecule has 7 nitrogen and oxygen atoms in total. The van der Waals surface area contributed by atoms with E-state index in [1.54, 1.807) is 35.7 Å². The molecule has 0 aliphatic carbocycles. The second kappa shape index (κ2) is 8.74. The van der Waals surface area contributed by atoms with Crippen molar-refractivity contribution in [3.63, 3.8) is 0 Å². The molecule has 0 aliphatic heterocycles. The molecule has 1 aromatic carbocycles. The van der Waals surface area contributed by atoms with E-state index in [9.17, 15) is 14.0 Å². The number of thiophene rings is 1. The smallest absolute Gasteiger partial charge is 0.279 e. The molecule has 0 fully saturated rings. The monoisotopic (exact) mass is 409 g/mol. The number of aromatic nitrogens is 2. The summed E-state index contributed by atoms with van der Waals surface area (Å²) in [5.74, 6) is -1.08. The first-order valence-corrected chi connectivity index (χ1v) is 9.90. The highest BCUT2D eigenvalue weighted by atomic mass is 32.2. The van der Waals surface area contributed by atoms with Crippen LogP contribution in [-0.2, 0) is 4.79 Å². The van der Waals surface area contributed by atoms with Crippen LogP contribution < -0.4 is 16.2 Å². The molecule has 26 heavy (non-hydrogen) atoms. The maximum absolute atomic E-state index is 13.6. The number of nitrogens with zero attached hydrogens (tertiary/aromatic N) is 2. The number of thioether (sulfide) groups is 1. The van der Waals surface area contributed by atoms with Crippen LogP contribution in [0.3, 0.4) is 0 Å². The molecule has 0 radical (unpaired) electrons. The fourth-order valence-electron chi connectivity index (χ4n) is 1.76. The van der Waals surface area contributed by atoms with Crippen molar-refractivity contribution in [1.82, 2.24) is 21.0 Å². The predicted octanol–water partition coefficient (Wildman–Crippen LogP) is 3.04. The number of benzene rings is 1. The van der Waals surface area contributed by atoms with Gasteiger partial charge in [0.15, 0.2) is 4.34 Å². The first-order valence-electron chi connectivity index (χ1n) is 7.22. The highest BCUT2D eigenvalue weighted by Gasteiger charge is 2.11. The molecule has 2 aromatic heterocycles. The third kappa shape index (κ3) is 5.00. The summed E-state index contributed by atoms with van der Waals surface area (Å²) in [6.45, 7) is 0. The van der Waals surface area contributed by atoms with E-state index in [1.165, 1.54) is 28.7 Å². The summed E-state index contributed by atoms with van der Waals surface area (Å²) >= 11 is 3.64. The first kappa shape index (κ1) is 18.3. The Morgan fingerprint density at radius 1 is 1.12 bits per heavy atom. The van der Waals surface area contributed by atoms with Gasteiger partial charge in [-0.05, 0) is 23.6 Å². The molecule has 11 heteroatoms. The van der Waals surface area contributed by atoms with E-state index in [1.807, 2.05) is 0 Å². The molecule has 2 amide bonds. The minimum absolute atomic E-state index is 0.0546. The standard InChI is InChI=1S/C15H12FN5O2S3/c16-9-4-1-2-5-10(9)17-14-20-21-15(26-14)25-8-12(22)18-19-13(23)11-6-3-7-24-11/h1-7H,8H2,(H,17,20)(H,18,22)(H,19,23). The zero-order chi connectivity index (χ0) is 18.4. The van der Waals surface area contributed by atoms with Crippen molar-refractivity contribution in [2.24, 2.45) is 0 Å². The third-order valence-electron chi connectivity index (χ3n) is 2.91. The molecule has 3 aromatic rings. The molecule has 3 rings (SSSR count). The lowest BCUT2D eigenvalue weighted by molar-refractivity contribution is -0.119. The summed E-state index contributed by atoms with van der Waals surface area (Å²) < 4.78 is 14.1. The van der Waals surface area contributed by atoms with E-state index in [2.05, 4.69) is 26.4 Å². The largest absolute Gasteiger partial charge is 0.328 e. The molecule has 0 saturated carbocycles. The summed E-state index contributed by atoms with van der Waals surface area (Å²) in [6, 6.07) is 9.64. The molecular weight excluding hydrogens is 397 g/mol. The van der Waals surface area contributed by atoms with Gasteiger partial charge in [-0.1, -0.05) is 41.3 Å². The van der Waals surface area contributed by atoms with Gasteiger partial charge in [0.1, 0.15) is 5.82 Å². The zero-order valence-corrected chi connectivity index (χ0v) is 15.5. The molecule has 0 aliphatic rings. The number of anilines is 2. The van der Waals surface area contributed by atoms with Crippen molar-refractivity contribution in [1.29, 1.82) is 0 Å². The quantitative estimate of drug-likeness (QED) is 0.428. The van der Waals surface area contributed by atoms with Gasteiger partial charge in [-0.25, -0.2) is 4.39 Å². The normalized spacial score (nSPS) is 10.3. The number of carbonyl (C=O) groups is 2. The third-order valence-corrected chi connectivity index (χ3v) is 5.75. The maximum Gasteiger partial charge on any atom is 0.279 e. The van der Waals surface area contributed by atoms with E-state index in [-0.39, 0.29) is 17.6 Å². The van der Waals surface area contributed by atoms with Crippen LogP contribution in [0.15, 0.2) is 46.1 Å². The fraction of sp³-hybridized carbons (Fsp3) is 0.0667. The lowest BCUT2D eigenvalue weighted by Gasteiger charge is -2.04. The van der Waals surface area contributed by atoms with Crippen LogP contribution >= 0.6 is 34.4 Å². The zero-order valence-electron chi connectivity index (χ0n) is 13.1. The molecule has 2 heterocycles. The molecule has 0 bridgehead atoms. The Hall–Kier alpha value is -2.50. The number of hydrogen-bond donors (Lipinski definition) is 3. The highest BCUT2D eigenvalue weighted by molar-refractivity contribution is 8.01. The fourth-order valence-corrected chi connectivity index (χ4v) is 3.94. The number of carbonyl (C=O) groups excluding carboxylic acids is 2. The molecular formula is C15H12FN5O2S3. The van der Waals surface area contributed by atoms with Gasteiger partial charge in [-0.15, -0.1) is 21.5 Å². The Kier molecular flexibility index (Phi) is 6.15. The molecule has 3 N–H and O–H groups in total. The Morgan fingerprint density at radius 2 is 1.96 bits per heavy atom. The topological polar surface area (TPSA) is 96.0 Å². The number of para-hydroxylation sites is 1. The van der Waals surface area contributed by atoms with Crippen LogP contribution in [0.25, 0.3) is 0 Å². The summed E-state index contributed by atoms with van der Waals surface area (Å²) in [5.41, 5.74) is 4.97.